The third-order valence-corrected chi connectivity index (χ3v) is 4.03. The average Bonchev–Trinajstić information content (AvgIpc) is 3.26. The Morgan fingerprint density at radius 3 is 2.68 bits per heavy atom. The number of carboxylic acid groups (broad SMARTS) is 1. The first-order valence-corrected chi connectivity index (χ1v) is 7.59. The summed E-state index contributed by atoms with van der Waals surface area (Å²) in [5.74, 6) is -1.65. The molecule has 3 rings (SSSR count). The minimum absolute atomic E-state index is 0.0653. The van der Waals surface area contributed by atoms with Gasteiger partial charge in [0.2, 0.25) is 0 Å². The Morgan fingerprint density at radius 1 is 1.44 bits per heavy atom. The van der Waals surface area contributed by atoms with E-state index in [1.54, 1.807) is 0 Å². The highest BCUT2D eigenvalue weighted by Crippen LogP contribution is 2.31. The van der Waals surface area contributed by atoms with Gasteiger partial charge in [-0.1, -0.05) is 0 Å². The summed E-state index contributed by atoms with van der Waals surface area (Å²) in [7, 11) is 0. The summed E-state index contributed by atoms with van der Waals surface area (Å²) in [6.07, 6.45) is 4.00. The molecule has 10 heteroatoms. The normalized spacial score (nSPS) is 14.8. The largest absolute Gasteiger partial charge is 0.480 e. The van der Waals surface area contributed by atoms with Crippen LogP contribution in [0.2, 0.25) is 0 Å². The number of aromatic nitrogens is 3. The summed E-state index contributed by atoms with van der Waals surface area (Å²) >= 11 is 0. The maximum absolute atomic E-state index is 12.8. The minimum Gasteiger partial charge on any atom is -0.480 e. The monoisotopic (exact) mass is 345 g/mol. The van der Waals surface area contributed by atoms with Crippen molar-refractivity contribution in [1.82, 2.24) is 19.7 Å². The van der Waals surface area contributed by atoms with E-state index in [2.05, 4.69) is 10.1 Å². The van der Waals surface area contributed by atoms with Crippen molar-refractivity contribution < 1.29 is 19.6 Å². The van der Waals surface area contributed by atoms with Crippen molar-refractivity contribution in [2.24, 2.45) is 0 Å². The van der Waals surface area contributed by atoms with Crippen LogP contribution >= 0.6 is 0 Å². The minimum atomic E-state index is -1.12. The Hall–Kier alpha value is -3.30. The second-order valence-electron chi connectivity index (χ2n) is 5.76. The fourth-order valence-electron chi connectivity index (χ4n) is 2.61. The van der Waals surface area contributed by atoms with Gasteiger partial charge >= 0.3 is 5.97 Å². The van der Waals surface area contributed by atoms with E-state index in [0.717, 1.165) is 18.9 Å². The van der Waals surface area contributed by atoms with Gasteiger partial charge < -0.3 is 10.0 Å². The molecule has 1 atom stereocenters. The molecular weight excluding hydrogens is 330 g/mol. The molecular formula is C15H15N5O5. The average molecular weight is 345 g/mol. The molecule has 1 heterocycles. The molecule has 130 valence electrons. The predicted octanol–water partition coefficient (Wildman–Crippen LogP) is 1.25. The number of hydrogen-bond donors (Lipinski definition) is 1. The van der Waals surface area contributed by atoms with Crippen LogP contribution in [0.4, 0.5) is 5.69 Å². The first-order valence-electron chi connectivity index (χ1n) is 7.59. The zero-order valence-electron chi connectivity index (χ0n) is 13.3. The fourth-order valence-corrected chi connectivity index (χ4v) is 2.61. The van der Waals surface area contributed by atoms with Crippen molar-refractivity contribution in [2.45, 2.75) is 31.8 Å². The van der Waals surface area contributed by atoms with Crippen LogP contribution in [0.5, 0.6) is 0 Å². The zero-order chi connectivity index (χ0) is 18.1. The first kappa shape index (κ1) is 16.6. The van der Waals surface area contributed by atoms with Gasteiger partial charge in [-0.2, -0.15) is 5.10 Å². The van der Waals surface area contributed by atoms with Gasteiger partial charge in [0.25, 0.3) is 11.6 Å². The van der Waals surface area contributed by atoms with Gasteiger partial charge in [0.1, 0.15) is 24.4 Å². The molecule has 1 N–H and O–H groups in total. The highest BCUT2D eigenvalue weighted by Gasteiger charge is 2.39. The van der Waals surface area contributed by atoms with Gasteiger partial charge in [0, 0.05) is 17.7 Å². The van der Waals surface area contributed by atoms with Crippen LogP contribution < -0.4 is 0 Å². The number of nitro groups is 1. The second-order valence-corrected chi connectivity index (χ2v) is 5.76. The summed E-state index contributed by atoms with van der Waals surface area (Å²) in [6, 6.07) is 2.82. The third kappa shape index (κ3) is 3.18. The van der Waals surface area contributed by atoms with Crippen LogP contribution in [0.25, 0.3) is 5.69 Å². The van der Waals surface area contributed by atoms with E-state index in [1.165, 1.54) is 41.3 Å². The van der Waals surface area contributed by atoms with Crippen LogP contribution in [0.1, 0.15) is 30.1 Å². The van der Waals surface area contributed by atoms with E-state index in [4.69, 9.17) is 0 Å². The molecule has 1 aliphatic rings. The number of benzene rings is 1. The molecule has 1 aliphatic carbocycles. The number of nitrogens with zero attached hydrogens (tertiary/aromatic N) is 5. The van der Waals surface area contributed by atoms with Crippen molar-refractivity contribution in [1.29, 1.82) is 0 Å². The number of carboxylic acids is 1. The Kier molecular flexibility index (Phi) is 4.17. The third-order valence-electron chi connectivity index (χ3n) is 4.03. The smallest absolute Gasteiger partial charge is 0.326 e. The Bertz CT molecular complexity index is 831. The number of carbonyl (C=O) groups is 2. The molecule has 1 unspecified atom stereocenters. The Balaban J connectivity index is 1.99. The lowest BCUT2D eigenvalue weighted by Gasteiger charge is -2.26. The molecule has 0 saturated heterocycles. The summed E-state index contributed by atoms with van der Waals surface area (Å²) in [4.78, 5) is 39.8. The topological polar surface area (TPSA) is 131 Å². The lowest BCUT2D eigenvalue weighted by atomic mass is 10.1. The molecule has 0 radical (unpaired) electrons. The van der Waals surface area contributed by atoms with E-state index >= 15 is 0 Å². The summed E-state index contributed by atoms with van der Waals surface area (Å²) in [6.45, 7) is 1.43. The van der Waals surface area contributed by atoms with Crippen LogP contribution in [-0.2, 0) is 4.79 Å². The Morgan fingerprint density at radius 2 is 2.16 bits per heavy atom. The van der Waals surface area contributed by atoms with Gasteiger partial charge in [-0.05, 0) is 31.9 Å². The van der Waals surface area contributed by atoms with Crippen molar-refractivity contribution in [3.05, 3.63) is 46.5 Å². The van der Waals surface area contributed by atoms with Crippen molar-refractivity contribution in [2.75, 3.05) is 0 Å². The first-order chi connectivity index (χ1) is 11.9. The van der Waals surface area contributed by atoms with E-state index < -0.39 is 22.8 Å². The molecule has 0 bridgehead atoms. The molecule has 1 saturated carbocycles. The van der Waals surface area contributed by atoms with Gasteiger partial charge in [0.15, 0.2) is 0 Å². The van der Waals surface area contributed by atoms with Gasteiger partial charge in [-0.15, -0.1) is 0 Å². The van der Waals surface area contributed by atoms with E-state index in [0.29, 0.717) is 0 Å². The molecule has 10 nitrogen and oxygen atoms in total. The molecule has 0 spiro atoms. The predicted molar refractivity (Wildman–Crippen MR) is 84.3 cm³/mol. The molecule has 25 heavy (non-hydrogen) atoms. The number of hydrogen-bond acceptors (Lipinski definition) is 6. The molecule has 1 amide bonds. The lowest BCUT2D eigenvalue weighted by molar-refractivity contribution is -0.384. The quantitative estimate of drug-likeness (QED) is 0.615. The molecule has 2 aromatic rings. The Labute approximate surface area is 141 Å². The lowest BCUT2D eigenvalue weighted by Crippen LogP contribution is -2.44. The van der Waals surface area contributed by atoms with Gasteiger partial charge in [-0.3, -0.25) is 14.9 Å². The molecule has 0 aliphatic heterocycles. The molecule has 1 fully saturated rings. The number of amides is 1. The highest BCUT2D eigenvalue weighted by molar-refractivity contribution is 5.98. The number of aliphatic carboxylic acids is 1. The summed E-state index contributed by atoms with van der Waals surface area (Å²) in [5, 5.41) is 24.4. The van der Waals surface area contributed by atoms with Crippen molar-refractivity contribution in [3.63, 3.8) is 0 Å². The maximum atomic E-state index is 12.8. The zero-order valence-corrected chi connectivity index (χ0v) is 13.3. The van der Waals surface area contributed by atoms with E-state index in [1.807, 2.05) is 0 Å². The van der Waals surface area contributed by atoms with E-state index in [-0.39, 0.29) is 23.0 Å². The van der Waals surface area contributed by atoms with Crippen molar-refractivity contribution in [3.8, 4) is 5.69 Å². The molecule has 1 aromatic carbocycles. The van der Waals surface area contributed by atoms with Gasteiger partial charge in [0.05, 0.1) is 4.92 Å². The SMILES string of the molecule is CC(C(=O)O)N(C(=O)c1ccc(-n2cncn2)c([N+](=O)[O-])c1)C1CC1. The summed E-state index contributed by atoms with van der Waals surface area (Å²) in [5.41, 5.74) is -0.0751. The molecule has 1 aromatic heterocycles. The highest BCUT2D eigenvalue weighted by atomic mass is 16.6. The standard InChI is InChI=1S/C15H15N5O5/c1-9(15(22)23)19(11-3-4-11)14(21)10-2-5-12(13(6-10)20(24)25)18-8-16-7-17-18/h2,5-9,11H,3-4H2,1H3,(H,22,23). The van der Waals surface area contributed by atoms with Crippen LogP contribution in [0, 0.1) is 10.1 Å². The van der Waals surface area contributed by atoms with Crippen molar-refractivity contribution >= 4 is 17.6 Å². The van der Waals surface area contributed by atoms with Crippen LogP contribution in [0.15, 0.2) is 30.9 Å². The maximum Gasteiger partial charge on any atom is 0.326 e. The van der Waals surface area contributed by atoms with E-state index in [9.17, 15) is 24.8 Å². The number of carbonyl (C=O) groups excluding carboxylic acids is 1. The number of nitro benzene ring substituents is 1. The van der Waals surface area contributed by atoms with Gasteiger partial charge in [-0.25, -0.2) is 14.5 Å². The summed E-state index contributed by atoms with van der Waals surface area (Å²) < 4.78 is 1.23. The van der Waals surface area contributed by atoms with Crippen LogP contribution in [0.3, 0.4) is 0 Å². The number of rotatable bonds is 6. The second kappa shape index (κ2) is 6.30. The fraction of sp³-hybridized carbons (Fsp3) is 0.333. The van der Waals surface area contributed by atoms with Crippen LogP contribution in [-0.4, -0.2) is 53.7 Å².